The molecule has 1 aromatic heterocycles. The number of nitrogens with one attached hydrogen (secondary N) is 1. The molecule has 25 heavy (non-hydrogen) atoms. The van der Waals surface area contributed by atoms with Crippen LogP contribution in [-0.2, 0) is 6.54 Å². The summed E-state index contributed by atoms with van der Waals surface area (Å²) in [4.78, 5) is 22.6. The van der Waals surface area contributed by atoms with Crippen molar-refractivity contribution in [3.63, 3.8) is 0 Å². The van der Waals surface area contributed by atoms with Crippen LogP contribution >= 0.6 is 0 Å². The molecule has 1 heterocycles. The minimum atomic E-state index is -0.533. The molecule has 0 aliphatic heterocycles. The van der Waals surface area contributed by atoms with Gasteiger partial charge in [-0.2, -0.15) is 0 Å². The fourth-order valence-electron chi connectivity index (χ4n) is 2.41. The summed E-state index contributed by atoms with van der Waals surface area (Å²) >= 11 is 0. The average Bonchev–Trinajstić information content (AvgIpc) is 3.11. The molecule has 3 aromatic rings. The standard InChI is InChI=1S/C17H15N5O3/c1-2-21-11-18-20-16(21)12-5-3-7-14(9-12)19-17(23)13-6-4-8-15(10-13)22(24)25/h3-11H,2H2,1H3,(H,19,23). The molecule has 1 N–H and O–H groups in total. The van der Waals surface area contributed by atoms with Crippen molar-refractivity contribution in [2.24, 2.45) is 0 Å². The Hall–Kier alpha value is -3.55. The fraction of sp³-hybridized carbons (Fsp3) is 0.118. The molecular formula is C17H15N5O3. The summed E-state index contributed by atoms with van der Waals surface area (Å²) in [7, 11) is 0. The summed E-state index contributed by atoms with van der Waals surface area (Å²) in [6, 6.07) is 12.8. The maximum atomic E-state index is 12.3. The Morgan fingerprint density at radius 2 is 2.04 bits per heavy atom. The summed E-state index contributed by atoms with van der Waals surface area (Å²) in [5.74, 6) is 0.284. The number of benzene rings is 2. The topological polar surface area (TPSA) is 103 Å². The zero-order valence-corrected chi connectivity index (χ0v) is 13.4. The average molecular weight is 337 g/mol. The molecule has 3 rings (SSSR count). The van der Waals surface area contributed by atoms with Crippen LogP contribution in [0.25, 0.3) is 11.4 Å². The first-order chi connectivity index (χ1) is 12.1. The van der Waals surface area contributed by atoms with Gasteiger partial charge in [0.05, 0.1) is 4.92 Å². The molecule has 0 spiro atoms. The lowest BCUT2D eigenvalue weighted by molar-refractivity contribution is -0.384. The number of nitrogens with zero attached hydrogens (tertiary/aromatic N) is 4. The Morgan fingerprint density at radius 3 is 2.80 bits per heavy atom. The van der Waals surface area contributed by atoms with E-state index in [0.717, 1.165) is 12.1 Å². The Balaban J connectivity index is 1.84. The van der Waals surface area contributed by atoms with E-state index >= 15 is 0 Å². The lowest BCUT2D eigenvalue weighted by Crippen LogP contribution is -2.12. The third kappa shape index (κ3) is 3.52. The number of hydrogen-bond acceptors (Lipinski definition) is 5. The zero-order valence-electron chi connectivity index (χ0n) is 13.4. The first kappa shape index (κ1) is 16.3. The van der Waals surface area contributed by atoms with Crippen molar-refractivity contribution in [1.29, 1.82) is 0 Å². The minimum Gasteiger partial charge on any atom is -0.322 e. The van der Waals surface area contributed by atoms with Gasteiger partial charge in [0.15, 0.2) is 5.82 Å². The molecule has 0 atom stereocenters. The van der Waals surface area contributed by atoms with Crippen LogP contribution in [0.5, 0.6) is 0 Å². The Morgan fingerprint density at radius 1 is 1.24 bits per heavy atom. The van der Waals surface area contributed by atoms with Crippen LogP contribution in [0.2, 0.25) is 0 Å². The summed E-state index contributed by atoms with van der Waals surface area (Å²) in [6.07, 6.45) is 1.64. The van der Waals surface area contributed by atoms with Gasteiger partial charge in [0.2, 0.25) is 0 Å². The fourth-order valence-corrected chi connectivity index (χ4v) is 2.41. The number of aromatic nitrogens is 3. The number of hydrogen-bond donors (Lipinski definition) is 1. The zero-order chi connectivity index (χ0) is 17.8. The van der Waals surface area contributed by atoms with Crippen LogP contribution in [0.15, 0.2) is 54.9 Å². The van der Waals surface area contributed by atoms with Gasteiger partial charge in [-0.05, 0) is 25.1 Å². The molecule has 0 unspecified atom stereocenters. The van der Waals surface area contributed by atoms with Crippen LogP contribution in [-0.4, -0.2) is 25.6 Å². The van der Waals surface area contributed by atoms with Gasteiger partial charge in [0, 0.05) is 35.5 Å². The molecule has 0 saturated carbocycles. The number of non-ortho nitro benzene ring substituents is 1. The van der Waals surface area contributed by atoms with Crippen LogP contribution < -0.4 is 5.32 Å². The molecule has 2 aromatic carbocycles. The first-order valence-electron chi connectivity index (χ1n) is 7.62. The molecule has 126 valence electrons. The van der Waals surface area contributed by atoms with Gasteiger partial charge in [-0.3, -0.25) is 14.9 Å². The molecule has 8 heteroatoms. The molecule has 0 saturated heterocycles. The van der Waals surface area contributed by atoms with E-state index in [9.17, 15) is 14.9 Å². The SMILES string of the molecule is CCn1cnnc1-c1cccc(NC(=O)c2cccc([N+](=O)[O-])c2)c1. The van der Waals surface area contributed by atoms with Crippen molar-refractivity contribution in [2.45, 2.75) is 13.5 Å². The van der Waals surface area contributed by atoms with Crippen LogP contribution in [0, 0.1) is 10.1 Å². The molecule has 0 radical (unpaired) electrons. The van der Waals surface area contributed by atoms with E-state index in [1.54, 1.807) is 24.5 Å². The van der Waals surface area contributed by atoms with E-state index in [2.05, 4.69) is 15.5 Å². The van der Waals surface area contributed by atoms with Gasteiger partial charge in [0.1, 0.15) is 6.33 Å². The Labute approximate surface area is 143 Å². The second-order valence-corrected chi connectivity index (χ2v) is 5.28. The Bertz CT molecular complexity index is 935. The van der Waals surface area contributed by atoms with Crippen LogP contribution in [0.4, 0.5) is 11.4 Å². The minimum absolute atomic E-state index is 0.127. The molecule has 8 nitrogen and oxygen atoms in total. The van der Waals surface area contributed by atoms with E-state index in [-0.39, 0.29) is 11.3 Å². The van der Waals surface area contributed by atoms with Gasteiger partial charge in [-0.25, -0.2) is 0 Å². The number of nitro groups is 1. The quantitative estimate of drug-likeness (QED) is 0.569. The van der Waals surface area contributed by atoms with Crippen molar-refractivity contribution in [1.82, 2.24) is 14.8 Å². The van der Waals surface area contributed by atoms with E-state index in [0.29, 0.717) is 11.5 Å². The second kappa shape index (κ2) is 6.91. The number of nitro benzene ring substituents is 1. The monoisotopic (exact) mass is 337 g/mol. The lowest BCUT2D eigenvalue weighted by atomic mass is 10.1. The van der Waals surface area contributed by atoms with Crippen LogP contribution in [0.1, 0.15) is 17.3 Å². The van der Waals surface area contributed by atoms with E-state index in [1.165, 1.54) is 24.3 Å². The van der Waals surface area contributed by atoms with Gasteiger partial charge in [0.25, 0.3) is 11.6 Å². The predicted molar refractivity (Wildman–Crippen MR) is 92.2 cm³/mol. The van der Waals surface area contributed by atoms with Gasteiger partial charge in [-0.1, -0.05) is 18.2 Å². The molecule has 0 aliphatic rings. The summed E-state index contributed by atoms with van der Waals surface area (Å²) < 4.78 is 1.89. The third-order valence-electron chi connectivity index (χ3n) is 3.65. The summed E-state index contributed by atoms with van der Waals surface area (Å²) in [6.45, 7) is 2.72. The number of rotatable bonds is 5. The van der Waals surface area contributed by atoms with Crippen molar-refractivity contribution < 1.29 is 9.72 Å². The first-order valence-corrected chi connectivity index (χ1v) is 7.62. The highest BCUT2D eigenvalue weighted by molar-refractivity contribution is 6.04. The second-order valence-electron chi connectivity index (χ2n) is 5.28. The highest BCUT2D eigenvalue weighted by Gasteiger charge is 2.13. The Kier molecular flexibility index (Phi) is 4.51. The highest BCUT2D eigenvalue weighted by Crippen LogP contribution is 2.21. The molecular weight excluding hydrogens is 322 g/mol. The normalized spacial score (nSPS) is 10.4. The van der Waals surface area contributed by atoms with Crippen molar-refractivity contribution in [2.75, 3.05) is 5.32 Å². The smallest absolute Gasteiger partial charge is 0.270 e. The van der Waals surface area contributed by atoms with Crippen molar-refractivity contribution in [3.05, 3.63) is 70.5 Å². The van der Waals surface area contributed by atoms with Gasteiger partial charge in [-0.15, -0.1) is 10.2 Å². The highest BCUT2D eigenvalue weighted by atomic mass is 16.6. The third-order valence-corrected chi connectivity index (χ3v) is 3.65. The van der Waals surface area contributed by atoms with Gasteiger partial charge >= 0.3 is 0 Å². The number of carbonyl (C=O) groups is 1. The van der Waals surface area contributed by atoms with Crippen LogP contribution in [0.3, 0.4) is 0 Å². The molecule has 0 fully saturated rings. The number of anilines is 1. The number of aryl methyl sites for hydroxylation is 1. The number of carbonyl (C=O) groups excluding carboxylic acids is 1. The maximum Gasteiger partial charge on any atom is 0.270 e. The van der Waals surface area contributed by atoms with Gasteiger partial charge < -0.3 is 9.88 Å². The lowest BCUT2D eigenvalue weighted by Gasteiger charge is -2.08. The van der Waals surface area contributed by atoms with E-state index < -0.39 is 10.8 Å². The predicted octanol–water partition coefficient (Wildman–Crippen LogP) is 3.13. The molecule has 0 bridgehead atoms. The largest absolute Gasteiger partial charge is 0.322 e. The van der Waals surface area contributed by atoms with E-state index in [1.807, 2.05) is 17.6 Å². The van der Waals surface area contributed by atoms with Crippen molar-refractivity contribution in [3.8, 4) is 11.4 Å². The van der Waals surface area contributed by atoms with Crippen molar-refractivity contribution >= 4 is 17.3 Å². The van der Waals surface area contributed by atoms with E-state index in [4.69, 9.17) is 0 Å². The summed E-state index contributed by atoms with van der Waals surface area (Å²) in [5.41, 5.74) is 1.48. The maximum absolute atomic E-state index is 12.3. The number of amides is 1. The molecule has 0 aliphatic carbocycles. The molecule has 1 amide bonds. The summed E-state index contributed by atoms with van der Waals surface area (Å²) in [5, 5.41) is 21.6.